The van der Waals surface area contributed by atoms with Crippen molar-refractivity contribution in [3.63, 3.8) is 0 Å². The Morgan fingerprint density at radius 1 is 1.43 bits per heavy atom. The molecule has 0 bridgehead atoms. The molecule has 0 amide bonds. The van der Waals surface area contributed by atoms with Crippen molar-refractivity contribution in [2.45, 2.75) is 40.0 Å². The number of piperidine rings is 1. The number of carbonyl (C=O) groups excluding carboxylic acids is 1. The Kier molecular flexibility index (Phi) is 4.11. The highest BCUT2D eigenvalue weighted by atomic mass is 16.1. The van der Waals surface area contributed by atoms with Crippen molar-refractivity contribution in [3.8, 4) is 0 Å². The van der Waals surface area contributed by atoms with Gasteiger partial charge in [0.15, 0.2) is 0 Å². The van der Waals surface area contributed by atoms with Crippen LogP contribution in [0.2, 0.25) is 0 Å². The van der Waals surface area contributed by atoms with Gasteiger partial charge in [-0.15, -0.1) is 0 Å². The van der Waals surface area contributed by atoms with Crippen LogP contribution >= 0.6 is 0 Å². The van der Waals surface area contributed by atoms with Crippen LogP contribution in [0.1, 0.15) is 40.0 Å². The number of hydrogen-bond donors (Lipinski definition) is 0. The van der Waals surface area contributed by atoms with Crippen molar-refractivity contribution in [2.24, 2.45) is 11.3 Å². The van der Waals surface area contributed by atoms with Crippen LogP contribution in [0.4, 0.5) is 0 Å². The van der Waals surface area contributed by atoms with Crippen LogP contribution in [-0.2, 0) is 4.79 Å². The van der Waals surface area contributed by atoms with E-state index in [4.69, 9.17) is 0 Å². The molecule has 1 saturated heterocycles. The highest BCUT2D eigenvalue weighted by molar-refractivity contribution is 5.58. The van der Waals surface area contributed by atoms with E-state index in [9.17, 15) is 4.79 Å². The molecule has 0 spiro atoms. The van der Waals surface area contributed by atoms with Gasteiger partial charge < -0.3 is 9.69 Å². The Labute approximate surface area is 87.7 Å². The average molecular weight is 197 g/mol. The van der Waals surface area contributed by atoms with Crippen LogP contribution in [0, 0.1) is 11.3 Å². The molecule has 0 radical (unpaired) electrons. The average Bonchev–Trinajstić information content (AvgIpc) is 2.21. The number of nitrogens with zero attached hydrogens (tertiary/aromatic N) is 1. The van der Waals surface area contributed by atoms with Gasteiger partial charge in [-0.2, -0.15) is 0 Å². The van der Waals surface area contributed by atoms with E-state index in [0.29, 0.717) is 0 Å². The largest absolute Gasteiger partial charge is 0.303 e. The summed E-state index contributed by atoms with van der Waals surface area (Å²) in [5.74, 6) is 0.871. The van der Waals surface area contributed by atoms with E-state index in [1.807, 2.05) is 0 Å². The predicted octanol–water partition coefficient (Wildman–Crippen LogP) is 2.33. The minimum absolute atomic E-state index is 0.124. The number of likely N-dealkylation sites (tertiary alicyclic amines) is 1. The molecule has 0 aliphatic carbocycles. The molecule has 1 aliphatic rings. The van der Waals surface area contributed by atoms with E-state index < -0.39 is 0 Å². The molecule has 1 heterocycles. The van der Waals surface area contributed by atoms with Gasteiger partial charge in [0, 0.05) is 12.0 Å². The number of carbonyl (C=O) groups is 1. The molecule has 2 heteroatoms. The topological polar surface area (TPSA) is 20.3 Å². The standard InChI is InChI=1S/C12H23NO/c1-4-12(3,10-14)9-13-7-5-11(2)6-8-13/h10-11H,4-9H2,1-3H3. The fraction of sp³-hybridized carbons (Fsp3) is 0.917. The highest BCUT2D eigenvalue weighted by Gasteiger charge is 2.26. The lowest BCUT2D eigenvalue weighted by atomic mass is 9.87. The van der Waals surface area contributed by atoms with E-state index in [1.54, 1.807) is 0 Å². The van der Waals surface area contributed by atoms with Crippen LogP contribution in [-0.4, -0.2) is 30.8 Å². The van der Waals surface area contributed by atoms with Crippen LogP contribution in [0.25, 0.3) is 0 Å². The van der Waals surface area contributed by atoms with E-state index >= 15 is 0 Å². The van der Waals surface area contributed by atoms with E-state index in [-0.39, 0.29) is 5.41 Å². The van der Waals surface area contributed by atoms with Gasteiger partial charge in [0.05, 0.1) is 0 Å². The lowest BCUT2D eigenvalue weighted by Gasteiger charge is -2.35. The summed E-state index contributed by atoms with van der Waals surface area (Å²) in [7, 11) is 0. The van der Waals surface area contributed by atoms with Crippen LogP contribution in [0.15, 0.2) is 0 Å². The maximum atomic E-state index is 11.0. The van der Waals surface area contributed by atoms with Gasteiger partial charge in [-0.25, -0.2) is 0 Å². The van der Waals surface area contributed by atoms with Crippen molar-refractivity contribution >= 4 is 6.29 Å². The number of aldehydes is 1. The molecule has 0 N–H and O–H groups in total. The summed E-state index contributed by atoms with van der Waals surface area (Å²) in [6, 6.07) is 0. The summed E-state index contributed by atoms with van der Waals surface area (Å²) >= 11 is 0. The normalized spacial score (nSPS) is 24.5. The molecule has 1 atom stereocenters. The Hall–Kier alpha value is -0.370. The van der Waals surface area contributed by atoms with Crippen molar-refractivity contribution in [1.82, 2.24) is 4.90 Å². The lowest BCUT2D eigenvalue weighted by molar-refractivity contribution is -0.116. The zero-order chi connectivity index (χ0) is 10.6. The van der Waals surface area contributed by atoms with E-state index in [0.717, 1.165) is 25.2 Å². The quantitative estimate of drug-likeness (QED) is 0.645. The fourth-order valence-corrected chi connectivity index (χ4v) is 1.96. The highest BCUT2D eigenvalue weighted by Crippen LogP contribution is 2.23. The molecular weight excluding hydrogens is 174 g/mol. The Morgan fingerprint density at radius 2 is 2.00 bits per heavy atom. The number of rotatable bonds is 4. The van der Waals surface area contributed by atoms with Gasteiger partial charge in [-0.3, -0.25) is 0 Å². The minimum Gasteiger partial charge on any atom is -0.303 e. The maximum absolute atomic E-state index is 11.0. The summed E-state index contributed by atoms with van der Waals surface area (Å²) < 4.78 is 0. The Bertz CT molecular complexity index is 185. The van der Waals surface area contributed by atoms with Gasteiger partial charge in [0.25, 0.3) is 0 Å². The molecule has 82 valence electrons. The second-order valence-electron chi connectivity index (χ2n) is 5.08. The maximum Gasteiger partial charge on any atom is 0.127 e. The summed E-state index contributed by atoms with van der Waals surface area (Å²) in [4.78, 5) is 13.4. The van der Waals surface area contributed by atoms with Crippen LogP contribution in [0.3, 0.4) is 0 Å². The molecule has 0 saturated carbocycles. The number of hydrogen-bond acceptors (Lipinski definition) is 2. The summed E-state index contributed by atoms with van der Waals surface area (Å²) in [6.07, 6.45) is 4.66. The molecule has 1 rings (SSSR count). The van der Waals surface area contributed by atoms with Gasteiger partial charge in [-0.05, 0) is 38.3 Å². The molecule has 1 unspecified atom stereocenters. The van der Waals surface area contributed by atoms with Crippen LogP contribution < -0.4 is 0 Å². The molecule has 2 nitrogen and oxygen atoms in total. The molecule has 1 aliphatic heterocycles. The second kappa shape index (κ2) is 4.92. The van der Waals surface area contributed by atoms with Crippen molar-refractivity contribution in [3.05, 3.63) is 0 Å². The first-order valence-electron chi connectivity index (χ1n) is 5.78. The summed E-state index contributed by atoms with van der Waals surface area (Å²) in [6.45, 7) is 9.77. The van der Waals surface area contributed by atoms with E-state index in [1.165, 1.54) is 25.9 Å². The lowest BCUT2D eigenvalue weighted by Crippen LogP contribution is -2.41. The third-order valence-electron chi connectivity index (χ3n) is 3.55. The molecule has 0 aromatic carbocycles. The Morgan fingerprint density at radius 3 is 2.43 bits per heavy atom. The van der Waals surface area contributed by atoms with E-state index in [2.05, 4.69) is 25.7 Å². The third kappa shape index (κ3) is 3.09. The monoisotopic (exact) mass is 197 g/mol. The SMILES string of the molecule is CCC(C)(C=O)CN1CCC(C)CC1. The molecule has 1 fully saturated rings. The summed E-state index contributed by atoms with van der Waals surface area (Å²) in [5, 5.41) is 0. The molecule has 14 heavy (non-hydrogen) atoms. The predicted molar refractivity (Wildman–Crippen MR) is 59.3 cm³/mol. The zero-order valence-corrected chi connectivity index (χ0v) is 9.75. The zero-order valence-electron chi connectivity index (χ0n) is 9.75. The van der Waals surface area contributed by atoms with Crippen molar-refractivity contribution < 1.29 is 4.79 Å². The minimum atomic E-state index is -0.124. The fourth-order valence-electron chi connectivity index (χ4n) is 1.96. The van der Waals surface area contributed by atoms with Crippen molar-refractivity contribution in [1.29, 1.82) is 0 Å². The van der Waals surface area contributed by atoms with Gasteiger partial charge in [-0.1, -0.05) is 20.8 Å². The first kappa shape index (κ1) is 11.7. The van der Waals surface area contributed by atoms with Crippen LogP contribution in [0.5, 0.6) is 0 Å². The van der Waals surface area contributed by atoms with Gasteiger partial charge >= 0.3 is 0 Å². The van der Waals surface area contributed by atoms with Gasteiger partial charge in [0.2, 0.25) is 0 Å². The first-order chi connectivity index (χ1) is 6.59. The van der Waals surface area contributed by atoms with Gasteiger partial charge in [0.1, 0.15) is 6.29 Å². The summed E-state index contributed by atoms with van der Waals surface area (Å²) in [5.41, 5.74) is -0.124. The molecule has 0 aromatic rings. The first-order valence-corrected chi connectivity index (χ1v) is 5.78. The second-order valence-corrected chi connectivity index (χ2v) is 5.08. The Balaban J connectivity index is 2.40. The molecule has 0 aromatic heterocycles. The smallest absolute Gasteiger partial charge is 0.127 e. The molecular formula is C12H23NO. The van der Waals surface area contributed by atoms with Crippen molar-refractivity contribution in [2.75, 3.05) is 19.6 Å². The third-order valence-corrected chi connectivity index (χ3v) is 3.55.